The molecular formula is C58H37N5. The Kier molecular flexibility index (Phi) is 7.84. The second-order valence-corrected chi connectivity index (χ2v) is 16.2. The van der Waals surface area contributed by atoms with Crippen molar-refractivity contribution in [1.82, 2.24) is 23.7 Å². The Morgan fingerprint density at radius 2 is 0.810 bits per heavy atom. The highest BCUT2D eigenvalue weighted by molar-refractivity contribution is 6.26. The molecule has 0 fully saturated rings. The van der Waals surface area contributed by atoms with Crippen molar-refractivity contribution >= 4 is 65.4 Å². The molecule has 0 amide bonds. The van der Waals surface area contributed by atoms with Crippen LogP contribution in [0.1, 0.15) is 0 Å². The van der Waals surface area contributed by atoms with Crippen LogP contribution in [0.2, 0.25) is 0 Å². The van der Waals surface area contributed by atoms with Gasteiger partial charge in [-0.3, -0.25) is 0 Å². The van der Waals surface area contributed by atoms with E-state index < -0.39 is 0 Å². The second kappa shape index (κ2) is 14.0. The Balaban J connectivity index is 1.10. The fraction of sp³-hybridized carbons (Fsp3) is 0. The second-order valence-electron chi connectivity index (χ2n) is 16.2. The number of hydrogen-bond acceptors (Lipinski definition) is 2. The first kappa shape index (κ1) is 35.2. The van der Waals surface area contributed by atoms with Gasteiger partial charge in [0.2, 0.25) is 0 Å². The summed E-state index contributed by atoms with van der Waals surface area (Å²) in [6, 6.07) is 80.2. The summed E-state index contributed by atoms with van der Waals surface area (Å²) in [5, 5.41) is 7.28. The van der Waals surface area contributed by atoms with Crippen LogP contribution in [-0.2, 0) is 0 Å². The maximum atomic E-state index is 5.32. The highest BCUT2D eigenvalue weighted by atomic mass is 15.0. The lowest BCUT2D eigenvalue weighted by atomic mass is 10.0. The topological polar surface area (TPSA) is 40.6 Å². The molecule has 0 saturated carbocycles. The molecule has 0 aliphatic heterocycles. The molecule has 0 aliphatic rings. The van der Waals surface area contributed by atoms with Crippen LogP contribution in [0.15, 0.2) is 224 Å². The molecule has 4 heterocycles. The van der Waals surface area contributed by atoms with Gasteiger partial charge in [0.25, 0.3) is 0 Å². The minimum Gasteiger partial charge on any atom is -0.309 e. The van der Waals surface area contributed by atoms with E-state index in [-0.39, 0.29) is 0 Å². The average molecular weight is 804 g/mol. The molecule has 0 saturated heterocycles. The van der Waals surface area contributed by atoms with Gasteiger partial charge < -0.3 is 13.7 Å². The first-order valence-electron chi connectivity index (χ1n) is 21.4. The van der Waals surface area contributed by atoms with Crippen molar-refractivity contribution in [3.63, 3.8) is 0 Å². The van der Waals surface area contributed by atoms with Crippen molar-refractivity contribution in [1.29, 1.82) is 0 Å². The van der Waals surface area contributed by atoms with E-state index in [0.29, 0.717) is 5.82 Å². The van der Waals surface area contributed by atoms with E-state index in [1.807, 2.05) is 24.3 Å². The molecule has 4 aromatic heterocycles. The van der Waals surface area contributed by atoms with Crippen molar-refractivity contribution < 1.29 is 0 Å². The molecule has 0 spiro atoms. The summed E-state index contributed by atoms with van der Waals surface area (Å²) in [7, 11) is 0. The monoisotopic (exact) mass is 803 g/mol. The summed E-state index contributed by atoms with van der Waals surface area (Å²) >= 11 is 0. The normalized spacial score (nSPS) is 11.8. The van der Waals surface area contributed by atoms with Crippen LogP contribution in [-0.4, -0.2) is 23.7 Å². The molecule has 5 heteroatoms. The minimum atomic E-state index is 0.695. The number of nitrogens with zero attached hydrogens (tertiary/aromatic N) is 5. The number of para-hydroxylation sites is 5. The molecule has 9 aromatic carbocycles. The zero-order valence-electron chi connectivity index (χ0n) is 34.1. The smallest absolute Gasteiger partial charge is 0.160 e. The van der Waals surface area contributed by atoms with Gasteiger partial charge in [0.1, 0.15) is 0 Å². The highest BCUT2D eigenvalue weighted by Gasteiger charge is 2.23. The molecule has 5 nitrogen and oxygen atoms in total. The van der Waals surface area contributed by atoms with Crippen LogP contribution in [0.25, 0.3) is 116 Å². The van der Waals surface area contributed by atoms with Gasteiger partial charge in [-0.2, -0.15) is 0 Å². The summed E-state index contributed by atoms with van der Waals surface area (Å²) in [6.07, 6.45) is 0. The third kappa shape index (κ3) is 5.43. The van der Waals surface area contributed by atoms with Gasteiger partial charge in [-0.05, 0) is 60.7 Å². The summed E-state index contributed by atoms with van der Waals surface area (Å²) in [5.41, 5.74) is 15.1. The molecule has 294 valence electrons. The molecule has 0 bridgehead atoms. The lowest BCUT2D eigenvalue weighted by Gasteiger charge is -2.14. The molecular weight excluding hydrogens is 767 g/mol. The maximum absolute atomic E-state index is 5.32. The molecule has 0 aliphatic carbocycles. The van der Waals surface area contributed by atoms with Gasteiger partial charge in [-0.15, -0.1) is 0 Å². The molecule has 0 radical (unpaired) electrons. The third-order valence-corrected chi connectivity index (χ3v) is 12.6. The zero-order chi connectivity index (χ0) is 41.4. The highest BCUT2D eigenvalue weighted by Crippen LogP contribution is 2.44. The minimum absolute atomic E-state index is 0.695. The van der Waals surface area contributed by atoms with Crippen molar-refractivity contribution in [2.75, 3.05) is 0 Å². The average Bonchev–Trinajstić information content (AvgIpc) is 4.00. The first-order valence-corrected chi connectivity index (χ1v) is 21.4. The molecule has 13 aromatic rings. The first-order chi connectivity index (χ1) is 31.3. The summed E-state index contributed by atoms with van der Waals surface area (Å²) in [6.45, 7) is 0. The van der Waals surface area contributed by atoms with Gasteiger partial charge in [-0.25, -0.2) is 9.97 Å². The Morgan fingerprint density at radius 1 is 0.286 bits per heavy atom. The fourth-order valence-electron chi connectivity index (χ4n) is 9.94. The van der Waals surface area contributed by atoms with Gasteiger partial charge in [0, 0.05) is 66.1 Å². The number of fused-ring (bicyclic) bond motifs is 10. The van der Waals surface area contributed by atoms with Crippen LogP contribution in [0, 0.1) is 0 Å². The van der Waals surface area contributed by atoms with E-state index >= 15 is 0 Å². The van der Waals surface area contributed by atoms with Crippen molar-refractivity contribution in [2.45, 2.75) is 0 Å². The predicted octanol–water partition coefficient (Wildman–Crippen LogP) is 14.8. The van der Waals surface area contributed by atoms with Crippen LogP contribution in [0.3, 0.4) is 0 Å². The number of hydrogen-bond donors (Lipinski definition) is 0. The predicted molar refractivity (Wildman–Crippen MR) is 261 cm³/mol. The number of aromatic nitrogens is 5. The lowest BCUT2D eigenvalue weighted by molar-refractivity contribution is 1.15. The van der Waals surface area contributed by atoms with Crippen molar-refractivity contribution in [2.24, 2.45) is 0 Å². The van der Waals surface area contributed by atoms with Crippen LogP contribution in [0.5, 0.6) is 0 Å². The SMILES string of the molecule is c1ccc(-c2cc(-c3cccc4c5ccc(-n6c7ccccc7c7c6ccc6c8ccccc8n(-c8ccccc8)c67)cc5n(-c5ccccc5)c34)nc(-c3ccccc3)n2)cc1. The molecule has 0 atom stereocenters. The number of rotatable bonds is 6. The van der Waals surface area contributed by atoms with E-state index in [0.717, 1.165) is 72.6 Å². The van der Waals surface area contributed by atoms with Crippen LogP contribution < -0.4 is 0 Å². The largest absolute Gasteiger partial charge is 0.309 e. The van der Waals surface area contributed by atoms with Crippen molar-refractivity contribution in [3.05, 3.63) is 224 Å². The van der Waals surface area contributed by atoms with Gasteiger partial charge in [0.05, 0.1) is 44.5 Å². The summed E-state index contributed by atoms with van der Waals surface area (Å²) in [4.78, 5) is 10.4. The third-order valence-electron chi connectivity index (χ3n) is 12.6. The van der Waals surface area contributed by atoms with Gasteiger partial charge in [-0.1, -0.05) is 164 Å². The number of benzene rings is 9. The fourth-order valence-corrected chi connectivity index (χ4v) is 9.94. The van der Waals surface area contributed by atoms with E-state index in [2.05, 4.69) is 214 Å². The zero-order valence-corrected chi connectivity index (χ0v) is 34.1. The molecule has 0 N–H and O–H groups in total. The van der Waals surface area contributed by atoms with Crippen LogP contribution in [0.4, 0.5) is 0 Å². The lowest BCUT2D eigenvalue weighted by Crippen LogP contribution is -1.99. The van der Waals surface area contributed by atoms with Crippen molar-refractivity contribution in [3.8, 4) is 51.0 Å². The Morgan fingerprint density at radius 3 is 1.52 bits per heavy atom. The van der Waals surface area contributed by atoms with E-state index in [9.17, 15) is 0 Å². The Hall–Kier alpha value is -8.54. The molecule has 63 heavy (non-hydrogen) atoms. The van der Waals surface area contributed by atoms with Gasteiger partial charge in [0.15, 0.2) is 5.82 Å². The molecule has 13 rings (SSSR count). The Labute approximate surface area is 363 Å². The standard InChI is InChI=1S/C58H37N5/c1-5-18-38(19-6-1)49-37-50(60-58(59-49)39-20-7-2-8-21-39)47-29-17-28-45-44-33-32-42(36-54(44)63(56(45)47)41-24-11-4-12-25-41)61-52-31-16-14-27-48(52)55-53(61)35-34-46-43-26-13-15-30-51(43)62(57(46)55)40-22-9-3-10-23-40/h1-37H. The van der Waals surface area contributed by atoms with E-state index in [1.165, 1.54) is 38.0 Å². The van der Waals surface area contributed by atoms with E-state index in [1.54, 1.807) is 0 Å². The summed E-state index contributed by atoms with van der Waals surface area (Å²) in [5.74, 6) is 0.695. The molecule has 0 unspecified atom stereocenters. The maximum Gasteiger partial charge on any atom is 0.160 e. The van der Waals surface area contributed by atoms with Crippen LogP contribution >= 0.6 is 0 Å². The summed E-state index contributed by atoms with van der Waals surface area (Å²) < 4.78 is 7.32. The Bertz CT molecular complexity index is 3820. The van der Waals surface area contributed by atoms with Gasteiger partial charge >= 0.3 is 0 Å². The van der Waals surface area contributed by atoms with E-state index in [4.69, 9.17) is 9.97 Å². The quantitative estimate of drug-likeness (QED) is 0.168.